The van der Waals surface area contributed by atoms with Gasteiger partial charge in [-0.2, -0.15) is 5.26 Å². The van der Waals surface area contributed by atoms with Crippen molar-refractivity contribution in [2.45, 2.75) is 62.6 Å². The molecule has 2 fully saturated rings. The summed E-state index contributed by atoms with van der Waals surface area (Å²) in [6.07, 6.45) is 4.98. The third-order valence-electron chi connectivity index (χ3n) is 8.63. The van der Waals surface area contributed by atoms with Gasteiger partial charge in [0.2, 0.25) is 17.7 Å². The summed E-state index contributed by atoms with van der Waals surface area (Å²) in [6, 6.07) is 7.35. The second-order valence-corrected chi connectivity index (χ2v) is 11.5. The lowest BCUT2D eigenvalue weighted by Gasteiger charge is -2.33. The van der Waals surface area contributed by atoms with Gasteiger partial charge in [-0.25, -0.2) is 4.98 Å². The van der Waals surface area contributed by atoms with Gasteiger partial charge >= 0.3 is 0 Å². The van der Waals surface area contributed by atoms with E-state index in [-0.39, 0.29) is 30.7 Å². The average molecular weight is 533 g/mol. The third-order valence-corrected chi connectivity index (χ3v) is 8.87. The second kappa shape index (κ2) is 8.98. The fraction of sp³-hybridized carbons (Fsp3) is 0.464. The number of aryl methyl sites for hydroxylation is 1. The molecule has 2 aromatic rings. The molecule has 4 aliphatic rings. The molecule has 1 aromatic carbocycles. The van der Waals surface area contributed by atoms with Gasteiger partial charge in [-0.3, -0.25) is 14.4 Å². The zero-order chi connectivity index (χ0) is 26.8. The Hall–Kier alpha value is -3.64. The lowest BCUT2D eigenvalue weighted by molar-refractivity contribution is -0.145. The van der Waals surface area contributed by atoms with Crippen LogP contribution in [0.5, 0.6) is 0 Å². The van der Waals surface area contributed by atoms with Crippen molar-refractivity contribution in [2.75, 3.05) is 24.2 Å². The molecule has 38 heavy (non-hydrogen) atoms. The monoisotopic (exact) mass is 532 g/mol. The van der Waals surface area contributed by atoms with Crippen LogP contribution in [0.3, 0.4) is 0 Å². The molecule has 4 heterocycles. The number of fused-ring (bicyclic) bond motifs is 3. The van der Waals surface area contributed by atoms with Gasteiger partial charge in [-0.15, -0.1) is 0 Å². The van der Waals surface area contributed by atoms with E-state index >= 15 is 0 Å². The first-order valence-electron chi connectivity index (χ1n) is 13.0. The molecule has 3 amide bonds. The molecule has 1 spiro atoms. The van der Waals surface area contributed by atoms with Crippen LogP contribution in [0.15, 0.2) is 30.5 Å². The highest BCUT2D eigenvalue weighted by Gasteiger charge is 2.57. The van der Waals surface area contributed by atoms with Crippen LogP contribution in [0, 0.1) is 24.2 Å². The molecule has 3 aliphatic heterocycles. The number of halogens is 1. The van der Waals surface area contributed by atoms with Crippen LogP contribution in [0.1, 0.15) is 42.4 Å². The summed E-state index contributed by atoms with van der Waals surface area (Å²) in [4.78, 5) is 48.4. The summed E-state index contributed by atoms with van der Waals surface area (Å²) in [5.74, 6) is 0.369. The Morgan fingerprint density at radius 2 is 2.13 bits per heavy atom. The molecular weight excluding hydrogens is 504 g/mol. The minimum absolute atomic E-state index is 0.0721. The predicted octanol–water partition coefficient (Wildman–Crippen LogP) is 3.02. The highest BCUT2D eigenvalue weighted by molar-refractivity contribution is 6.31. The number of likely N-dealkylation sites (tertiary alicyclic amines) is 1. The van der Waals surface area contributed by atoms with Gasteiger partial charge < -0.3 is 20.4 Å². The highest BCUT2D eigenvalue weighted by atomic mass is 35.5. The molecule has 1 saturated heterocycles. The van der Waals surface area contributed by atoms with E-state index in [2.05, 4.69) is 21.7 Å². The fourth-order valence-electron chi connectivity index (χ4n) is 6.22. The number of carbonyl (C=O) groups is 3. The van der Waals surface area contributed by atoms with Gasteiger partial charge in [0.1, 0.15) is 23.9 Å². The maximum absolute atomic E-state index is 14.1. The van der Waals surface area contributed by atoms with Crippen LogP contribution in [-0.2, 0) is 26.2 Å². The van der Waals surface area contributed by atoms with E-state index in [0.717, 1.165) is 24.0 Å². The normalized spacial score (nSPS) is 25.8. The molecule has 4 atom stereocenters. The molecule has 0 bridgehead atoms. The number of aromatic nitrogens is 1. The maximum atomic E-state index is 14.1. The Morgan fingerprint density at radius 1 is 1.34 bits per heavy atom. The zero-order valence-electron chi connectivity index (χ0n) is 21.3. The van der Waals surface area contributed by atoms with E-state index in [1.807, 2.05) is 13.0 Å². The van der Waals surface area contributed by atoms with E-state index in [1.165, 1.54) is 4.90 Å². The number of hydrogen-bond donors (Lipinski definition) is 2. The van der Waals surface area contributed by atoms with Crippen molar-refractivity contribution < 1.29 is 14.4 Å². The molecule has 196 valence electrons. The summed E-state index contributed by atoms with van der Waals surface area (Å²) in [5.41, 5.74) is 2.41. The molecule has 10 heteroatoms. The highest BCUT2D eigenvalue weighted by Crippen LogP contribution is 2.47. The van der Waals surface area contributed by atoms with Crippen molar-refractivity contribution in [1.29, 1.82) is 5.26 Å². The van der Waals surface area contributed by atoms with E-state index in [0.29, 0.717) is 40.9 Å². The fourth-order valence-corrected chi connectivity index (χ4v) is 6.39. The number of pyridine rings is 1. The number of carbonyl (C=O) groups excluding carboxylic acids is 3. The standard InChI is InChI=1S/C28H29ClN6O3/c1-15-7-8-31-24-19(15)11-22(32-24)25(36)34(2)23(9-16-3-4-16)26(37)35-14-28(12-18(35)13-30)20-10-17(29)5-6-21(20)33-27(28)38/h5-8,10,16,18,22-23H,3-4,9,11-12,14H2,1-2H3,(H,31,32)(H,33,38)/t18?,22?,23?,28-/m0/s1. The summed E-state index contributed by atoms with van der Waals surface area (Å²) < 4.78 is 0. The number of hydrogen-bond acceptors (Lipinski definition) is 6. The Bertz CT molecular complexity index is 1400. The first-order valence-corrected chi connectivity index (χ1v) is 13.4. The van der Waals surface area contributed by atoms with Crippen LogP contribution in [-0.4, -0.2) is 64.2 Å². The van der Waals surface area contributed by atoms with Crippen molar-refractivity contribution in [2.24, 2.45) is 5.92 Å². The van der Waals surface area contributed by atoms with E-state index in [4.69, 9.17) is 11.6 Å². The van der Waals surface area contributed by atoms with Crippen LogP contribution >= 0.6 is 11.6 Å². The van der Waals surface area contributed by atoms with Crippen molar-refractivity contribution in [3.63, 3.8) is 0 Å². The van der Waals surface area contributed by atoms with Crippen LogP contribution in [0.2, 0.25) is 5.02 Å². The first kappa shape index (κ1) is 24.7. The van der Waals surface area contributed by atoms with Gasteiger partial charge in [0.15, 0.2) is 0 Å². The third kappa shape index (κ3) is 3.90. The van der Waals surface area contributed by atoms with Gasteiger partial charge in [0.25, 0.3) is 0 Å². The molecule has 9 nitrogen and oxygen atoms in total. The Morgan fingerprint density at radius 3 is 2.84 bits per heavy atom. The minimum atomic E-state index is -1.04. The molecule has 6 rings (SSSR count). The largest absolute Gasteiger partial charge is 0.358 e. The van der Waals surface area contributed by atoms with Crippen LogP contribution < -0.4 is 10.6 Å². The topological polar surface area (TPSA) is 118 Å². The zero-order valence-corrected chi connectivity index (χ0v) is 22.1. The minimum Gasteiger partial charge on any atom is -0.358 e. The van der Waals surface area contributed by atoms with Gasteiger partial charge in [0.05, 0.1) is 11.5 Å². The molecule has 3 unspecified atom stereocenters. The van der Waals surface area contributed by atoms with E-state index < -0.39 is 23.5 Å². The molecule has 0 radical (unpaired) electrons. The van der Waals surface area contributed by atoms with Gasteiger partial charge in [0, 0.05) is 43.3 Å². The molecule has 1 saturated carbocycles. The number of amides is 3. The first-order chi connectivity index (χ1) is 18.2. The Kier molecular flexibility index (Phi) is 5.84. The molecule has 1 aliphatic carbocycles. The molecular formula is C28H29ClN6O3. The van der Waals surface area contributed by atoms with Gasteiger partial charge in [-0.05, 0) is 60.2 Å². The summed E-state index contributed by atoms with van der Waals surface area (Å²) >= 11 is 6.26. The number of rotatable bonds is 5. The lowest BCUT2D eigenvalue weighted by atomic mass is 9.80. The second-order valence-electron chi connectivity index (χ2n) is 11.0. The smallest absolute Gasteiger partial charge is 0.246 e. The molecule has 2 N–H and O–H groups in total. The summed E-state index contributed by atoms with van der Waals surface area (Å²) in [6.45, 7) is 2.07. The van der Waals surface area contributed by atoms with Crippen molar-refractivity contribution >= 4 is 40.8 Å². The van der Waals surface area contributed by atoms with Crippen LogP contribution in [0.25, 0.3) is 0 Å². The van der Waals surface area contributed by atoms with Crippen LogP contribution in [0.4, 0.5) is 11.5 Å². The quantitative estimate of drug-likeness (QED) is 0.611. The number of likely N-dealkylation sites (N-methyl/N-ethyl adjacent to an activating group) is 1. The lowest BCUT2D eigenvalue weighted by Crippen LogP contribution is -2.54. The van der Waals surface area contributed by atoms with E-state index in [1.54, 1.807) is 36.3 Å². The van der Waals surface area contributed by atoms with Gasteiger partial charge in [-0.1, -0.05) is 24.4 Å². The Labute approximate surface area is 226 Å². The summed E-state index contributed by atoms with van der Waals surface area (Å²) in [5, 5.41) is 16.7. The van der Waals surface area contributed by atoms with Crippen molar-refractivity contribution in [3.05, 3.63) is 52.2 Å². The Balaban J connectivity index is 1.27. The number of nitrogens with one attached hydrogen (secondary N) is 2. The molecule has 1 aromatic heterocycles. The summed E-state index contributed by atoms with van der Waals surface area (Å²) in [7, 11) is 1.67. The number of benzene rings is 1. The number of anilines is 2. The van der Waals surface area contributed by atoms with Crippen molar-refractivity contribution in [1.82, 2.24) is 14.8 Å². The SMILES string of the molecule is Cc1ccnc2c1CC(C(=O)N(C)C(CC1CC1)C(=O)N1C[C@]3(CC1C#N)C(=O)Nc1ccc(Cl)cc13)N2. The predicted molar refractivity (Wildman–Crippen MR) is 141 cm³/mol. The number of nitrogens with zero attached hydrogens (tertiary/aromatic N) is 4. The average Bonchev–Trinajstić information content (AvgIpc) is 3.37. The van der Waals surface area contributed by atoms with E-state index in [9.17, 15) is 19.6 Å². The van der Waals surface area contributed by atoms with Crippen molar-refractivity contribution in [3.8, 4) is 6.07 Å². The number of nitriles is 1. The maximum Gasteiger partial charge on any atom is 0.246 e.